The van der Waals surface area contributed by atoms with Gasteiger partial charge < -0.3 is 0 Å². The van der Waals surface area contributed by atoms with Crippen LogP contribution in [0.4, 0.5) is 0 Å². The van der Waals surface area contributed by atoms with Crippen molar-refractivity contribution in [3.05, 3.63) is 169 Å². The van der Waals surface area contributed by atoms with E-state index in [-0.39, 0.29) is 0 Å². The third-order valence-electron chi connectivity index (χ3n) is 9.72. The average Bonchev–Trinajstić information content (AvgIpc) is 3.78. The Morgan fingerprint density at radius 3 is 1.38 bits per heavy atom. The predicted molar refractivity (Wildman–Crippen MR) is 220 cm³/mol. The van der Waals surface area contributed by atoms with Gasteiger partial charge in [-0.25, -0.2) is 9.97 Å². The van der Waals surface area contributed by atoms with Crippen LogP contribution in [-0.4, -0.2) is 9.97 Å². The monoisotopic (exact) mass is 697 g/mol. The van der Waals surface area contributed by atoms with Crippen molar-refractivity contribution >= 4 is 63.0 Å². The van der Waals surface area contributed by atoms with E-state index in [0.29, 0.717) is 11.4 Å². The van der Waals surface area contributed by atoms with Crippen LogP contribution in [0.25, 0.3) is 96.5 Å². The van der Waals surface area contributed by atoms with Gasteiger partial charge in [0.1, 0.15) is 0 Å². The summed E-state index contributed by atoms with van der Waals surface area (Å²) < 4.78 is 5.15. The van der Waals surface area contributed by atoms with Crippen molar-refractivity contribution in [3.8, 4) is 62.2 Å². The summed E-state index contributed by atoms with van der Waals surface area (Å²) in [6.07, 6.45) is 0. The summed E-state index contributed by atoms with van der Waals surface area (Å²) >= 11 is 3.67. The van der Waals surface area contributed by atoms with E-state index in [1.54, 1.807) is 0 Å². The summed E-state index contributed by atoms with van der Waals surface area (Å²) in [6, 6.07) is 59.8. The molecule has 0 atom stereocenters. The molecule has 10 aromatic rings. The van der Waals surface area contributed by atoms with Gasteiger partial charge in [0.2, 0.25) is 0 Å². The van der Waals surface area contributed by atoms with Gasteiger partial charge in [0.05, 0.1) is 23.0 Å². The van der Waals surface area contributed by atoms with Crippen LogP contribution < -0.4 is 0 Å². The molecule has 3 nitrogen and oxygen atoms in total. The van der Waals surface area contributed by atoms with E-state index in [2.05, 4.69) is 121 Å². The molecule has 0 amide bonds. The van der Waals surface area contributed by atoms with Crippen molar-refractivity contribution < 1.29 is 0 Å². The number of fused-ring (bicyclic) bond motifs is 6. The standard InChI is InChI=1S/C47H27N3S2/c48-28-29-14-16-31(17-15-29)42-27-41(30-8-2-1-3-9-30)49-47(50-42)36-23-34(32-18-20-45-39(25-32)37-10-4-6-12-43(37)51-45)22-35(24-36)33-19-21-46-40(26-33)38-11-5-7-13-44(38)52-46/h1-27H. The SMILES string of the molecule is N#Cc1ccc(-c2cc(-c3ccccc3)nc(-c3cc(-c4ccc5sc6ccccc6c5c4)cc(-c4ccc5sc6ccccc6c5c4)c3)n2)cc1. The summed E-state index contributed by atoms with van der Waals surface area (Å²) in [6.45, 7) is 0. The zero-order valence-corrected chi connectivity index (χ0v) is 29.4. The minimum Gasteiger partial charge on any atom is -0.228 e. The third-order valence-corrected chi connectivity index (χ3v) is 12.0. The summed E-state index contributed by atoms with van der Waals surface area (Å²) in [7, 11) is 0. The number of benzene rings is 7. The molecule has 7 aromatic carbocycles. The molecule has 0 fully saturated rings. The van der Waals surface area contributed by atoms with Gasteiger partial charge in [-0.05, 0) is 95.1 Å². The molecule has 10 rings (SSSR count). The van der Waals surface area contributed by atoms with Gasteiger partial charge in [0.25, 0.3) is 0 Å². The molecule has 5 heteroatoms. The molecule has 0 aliphatic heterocycles. The molecule has 0 N–H and O–H groups in total. The van der Waals surface area contributed by atoms with Crippen molar-refractivity contribution in [3.63, 3.8) is 0 Å². The molecule has 52 heavy (non-hydrogen) atoms. The van der Waals surface area contributed by atoms with Gasteiger partial charge >= 0.3 is 0 Å². The van der Waals surface area contributed by atoms with Gasteiger partial charge in [-0.1, -0.05) is 91.0 Å². The molecule has 0 saturated heterocycles. The Kier molecular flexibility index (Phi) is 7.24. The van der Waals surface area contributed by atoms with Crippen LogP contribution in [0, 0.1) is 11.3 Å². The smallest absolute Gasteiger partial charge is 0.160 e. The van der Waals surface area contributed by atoms with E-state index in [1.165, 1.54) is 40.3 Å². The number of hydrogen-bond acceptors (Lipinski definition) is 5. The number of nitriles is 1. The fourth-order valence-corrected chi connectivity index (χ4v) is 9.27. The fourth-order valence-electron chi connectivity index (χ4n) is 7.10. The Bertz CT molecular complexity index is 2890. The lowest BCUT2D eigenvalue weighted by Crippen LogP contribution is -1.97. The largest absolute Gasteiger partial charge is 0.228 e. The van der Waals surface area contributed by atoms with Crippen molar-refractivity contribution in [2.75, 3.05) is 0 Å². The maximum atomic E-state index is 9.45. The first-order chi connectivity index (χ1) is 25.7. The van der Waals surface area contributed by atoms with Crippen LogP contribution in [0.1, 0.15) is 5.56 Å². The van der Waals surface area contributed by atoms with Crippen molar-refractivity contribution in [1.29, 1.82) is 5.26 Å². The second kappa shape index (κ2) is 12.4. The Morgan fingerprint density at radius 1 is 0.365 bits per heavy atom. The minimum absolute atomic E-state index is 0.615. The number of hydrogen-bond donors (Lipinski definition) is 0. The molecule has 3 heterocycles. The second-order valence-electron chi connectivity index (χ2n) is 12.9. The van der Waals surface area contributed by atoms with Crippen molar-refractivity contribution in [2.45, 2.75) is 0 Å². The van der Waals surface area contributed by atoms with Crippen LogP contribution in [0.15, 0.2) is 164 Å². The molecule has 0 aliphatic rings. The molecule has 0 aliphatic carbocycles. The summed E-state index contributed by atoms with van der Waals surface area (Å²) in [5, 5.41) is 14.5. The normalized spacial score (nSPS) is 11.4. The van der Waals surface area contributed by atoms with Gasteiger partial charge in [-0.3, -0.25) is 0 Å². The maximum absolute atomic E-state index is 9.45. The first-order valence-corrected chi connectivity index (χ1v) is 18.7. The lowest BCUT2D eigenvalue weighted by atomic mass is 9.94. The quantitative estimate of drug-likeness (QED) is 0.180. The molecule has 0 unspecified atom stereocenters. The molecule has 3 aromatic heterocycles. The number of nitrogens with zero attached hydrogens (tertiary/aromatic N) is 3. The fraction of sp³-hybridized carbons (Fsp3) is 0. The Balaban J connectivity index is 1.21. The van der Waals surface area contributed by atoms with Gasteiger partial charge in [0.15, 0.2) is 5.82 Å². The van der Waals surface area contributed by atoms with Crippen molar-refractivity contribution in [1.82, 2.24) is 9.97 Å². The average molecular weight is 698 g/mol. The Morgan fingerprint density at radius 2 is 0.827 bits per heavy atom. The summed E-state index contributed by atoms with van der Waals surface area (Å²) in [5.41, 5.74) is 9.65. The molecular formula is C47H27N3S2. The lowest BCUT2D eigenvalue weighted by molar-refractivity contribution is 1.18. The van der Waals surface area contributed by atoms with Gasteiger partial charge in [-0.2, -0.15) is 5.26 Å². The highest BCUT2D eigenvalue weighted by atomic mass is 32.1. The highest BCUT2D eigenvalue weighted by Gasteiger charge is 2.16. The predicted octanol–water partition coefficient (Wildman–Crippen LogP) is 13.4. The Hall–Kier alpha value is -6.45. The van der Waals surface area contributed by atoms with E-state index in [0.717, 1.165) is 50.3 Å². The molecule has 0 radical (unpaired) electrons. The first-order valence-electron chi connectivity index (χ1n) is 17.1. The lowest BCUT2D eigenvalue weighted by Gasteiger charge is -2.13. The maximum Gasteiger partial charge on any atom is 0.160 e. The third kappa shape index (κ3) is 5.34. The van der Waals surface area contributed by atoms with Crippen molar-refractivity contribution in [2.24, 2.45) is 0 Å². The van der Waals surface area contributed by atoms with Crippen LogP contribution in [-0.2, 0) is 0 Å². The van der Waals surface area contributed by atoms with E-state index < -0.39 is 0 Å². The summed E-state index contributed by atoms with van der Waals surface area (Å²) in [4.78, 5) is 10.4. The van der Waals surface area contributed by atoms with Gasteiger partial charge in [-0.15, -0.1) is 22.7 Å². The van der Waals surface area contributed by atoms with Crippen LogP contribution >= 0.6 is 22.7 Å². The summed E-state index contributed by atoms with van der Waals surface area (Å²) in [5.74, 6) is 0.646. The van der Waals surface area contributed by atoms with E-state index in [9.17, 15) is 5.26 Å². The van der Waals surface area contributed by atoms with E-state index >= 15 is 0 Å². The van der Waals surface area contributed by atoms with E-state index in [1.807, 2.05) is 71.2 Å². The molecule has 0 spiro atoms. The number of rotatable bonds is 5. The zero-order valence-electron chi connectivity index (χ0n) is 27.7. The molecule has 242 valence electrons. The highest BCUT2D eigenvalue weighted by Crippen LogP contribution is 2.41. The number of aromatic nitrogens is 2. The van der Waals surface area contributed by atoms with E-state index in [4.69, 9.17) is 9.97 Å². The second-order valence-corrected chi connectivity index (χ2v) is 15.1. The van der Waals surface area contributed by atoms with Crippen LogP contribution in [0.5, 0.6) is 0 Å². The van der Waals surface area contributed by atoms with Crippen LogP contribution in [0.2, 0.25) is 0 Å². The minimum atomic E-state index is 0.615. The molecular weight excluding hydrogens is 671 g/mol. The topological polar surface area (TPSA) is 49.6 Å². The van der Waals surface area contributed by atoms with Crippen LogP contribution in [0.3, 0.4) is 0 Å². The molecule has 0 saturated carbocycles. The van der Waals surface area contributed by atoms with Gasteiger partial charge in [0, 0.05) is 57.0 Å². The Labute approximate surface area is 308 Å². The first kappa shape index (κ1) is 30.4. The highest BCUT2D eigenvalue weighted by molar-refractivity contribution is 7.26. The molecule has 0 bridgehead atoms. The number of thiophene rings is 2. The zero-order chi connectivity index (χ0) is 34.6.